The number of piperazine rings is 1. The molecule has 1 aliphatic heterocycles. The summed E-state index contributed by atoms with van der Waals surface area (Å²) in [7, 11) is -4.11. The molecule has 0 amide bonds. The van der Waals surface area contributed by atoms with E-state index in [2.05, 4.69) is 29.9 Å². The lowest BCUT2D eigenvalue weighted by Crippen LogP contribution is -2.56. The molecule has 0 atom stereocenters. The van der Waals surface area contributed by atoms with Crippen LogP contribution < -0.4 is 9.80 Å². The molecule has 0 radical (unpaired) electrons. The molecule has 1 spiro atoms. The highest BCUT2D eigenvalue weighted by atomic mass is 35.5. The van der Waals surface area contributed by atoms with Gasteiger partial charge in [-0.1, -0.05) is 38.4 Å². The Morgan fingerprint density at radius 3 is 2.32 bits per heavy atom. The van der Waals surface area contributed by atoms with Crippen molar-refractivity contribution in [2.24, 2.45) is 0 Å². The van der Waals surface area contributed by atoms with Crippen LogP contribution in [0.25, 0.3) is 10.9 Å². The standard InChI is InChI=1S/C25H26ClFN8O2S/c1-24(2,3)22-28-13-17(14-29-22)38(36,37)35-19-6-4-5-18(26)20(19)21(32-35)34-10-9-33(15-25(34)7-8-25)23-30-11-16(27)12-31-23/h4-6,11-14H,7-10,15H2,1-3H3. The molecule has 0 N–H and O–H groups in total. The summed E-state index contributed by atoms with van der Waals surface area (Å²) in [6.45, 7) is 7.58. The normalized spacial score (nSPS) is 17.4. The van der Waals surface area contributed by atoms with Crippen molar-refractivity contribution in [3.63, 3.8) is 0 Å². The van der Waals surface area contributed by atoms with E-state index in [-0.39, 0.29) is 15.8 Å². The Hall–Kier alpha value is -3.38. The van der Waals surface area contributed by atoms with Gasteiger partial charge < -0.3 is 9.80 Å². The number of fused-ring (bicyclic) bond motifs is 1. The van der Waals surface area contributed by atoms with E-state index < -0.39 is 15.8 Å². The van der Waals surface area contributed by atoms with E-state index in [0.717, 1.165) is 29.3 Å². The molecule has 2 aliphatic rings. The third-order valence-electron chi connectivity index (χ3n) is 7.06. The van der Waals surface area contributed by atoms with Crippen LogP contribution in [0.4, 0.5) is 16.2 Å². The Balaban J connectivity index is 1.40. The van der Waals surface area contributed by atoms with E-state index >= 15 is 0 Å². The summed E-state index contributed by atoms with van der Waals surface area (Å²) in [5, 5.41) is 5.64. The van der Waals surface area contributed by atoms with Crippen LogP contribution in [0.1, 0.15) is 39.4 Å². The Kier molecular flexibility index (Phi) is 5.62. The number of benzene rings is 1. The molecule has 4 heterocycles. The van der Waals surface area contributed by atoms with Crippen LogP contribution >= 0.6 is 11.6 Å². The molecule has 0 bridgehead atoms. The van der Waals surface area contributed by atoms with Gasteiger partial charge in [0.1, 0.15) is 10.7 Å². The highest BCUT2D eigenvalue weighted by Gasteiger charge is 2.53. The van der Waals surface area contributed by atoms with Gasteiger partial charge in [0.15, 0.2) is 11.6 Å². The summed E-state index contributed by atoms with van der Waals surface area (Å²) >= 11 is 6.65. The molecular formula is C25H26ClFN8O2S. The molecule has 0 unspecified atom stereocenters. The topological polar surface area (TPSA) is 110 Å². The van der Waals surface area contributed by atoms with Crippen molar-refractivity contribution in [3.8, 4) is 0 Å². The van der Waals surface area contributed by atoms with E-state index in [9.17, 15) is 12.8 Å². The lowest BCUT2D eigenvalue weighted by Gasteiger charge is -2.42. The molecule has 1 saturated heterocycles. The first-order chi connectivity index (χ1) is 18.0. The van der Waals surface area contributed by atoms with Crippen LogP contribution in [-0.2, 0) is 15.4 Å². The van der Waals surface area contributed by atoms with Crippen molar-refractivity contribution in [2.45, 2.75) is 49.5 Å². The van der Waals surface area contributed by atoms with Crippen LogP contribution in [0, 0.1) is 5.82 Å². The lowest BCUT2D eigenvalue weighted by molar-refractivity contribution is 0.497. The summed E-state index contributed by atoms with van der Waals surface area (Å²) in [4.78, 5) is 21.0. The fraction of sp³-hybridized carbons (Fsp3) is 0.400. The molecule has 38 heavy (non-hydrogen) atoms. The average Bonchev–Trinajstić information content (AvgIpc) is 3.52. The molecule has 198 valence electrons. The van der Waals surface area contributed by atoms with Gasteiger partial charge in [0.05, 0.1) is 46.3 Å². The summed E-state index contributed by atoms with van der Waals surface area (Å²) in [6.07, 6.45) is 6.74. The number of hydrogen-bond donors (Lipinski definition) is 0. The van der Waals surface area contributed by atoms with Crippen molar-refractivity contribution in [2.75, 3.05) is 29.4 Å². The number of aromatic nitrogens is 6. The summed E-state index contributed by atoms with van der Waals surface area (Å²) in [5.74, 6) is 1.04. The minimum absolute atomic E-state index is 0.0548. The molecule has 13 heteroatoms. The summed E-state index contributed by atoms with van der Waals surface area (Å²) in [5.41, 5.74) is -0.212. The predicted molar refractivity (Wildman–Crippen MR) is 142 cm³/mol. The predicted octanol–water partition coefficient (Wildman–Crippen LogP) is 3.80. The zero-order chi connectivity index (χ0) is 26.9. The maximum atomic E-state index is 13.8. The second kappa shape index (κ2) is 8.57. The van der Waals surface area contributed by atoms with Gasteiger partial charge in [0, 0.05) is 25.0 Å². The first kappa shape index (κ1) is 24.9. The largest absolute Gasteiger partial charge is 0.345 e. The molecule has 6 rings (SSSR count). The van der Waals surface area contributed by atoms with E-state index in [1.165, 1.54) is 12.4 Å². The molecule has 2 fully saturated rings. The van der Waals surface area contributed by atoms with Crippen molar-refractivity contribution >= 4 is 44.3 Å². The minimum Gasteiger partial charge on any atom is -0.345 e. The monoisotopic (exact) mass is 556 g/mol. The summed E-state index contributed by atoms with van der Waals surface area (Å²) < 4.78 is 41.9. The Morgan fingerprint density at radius 1 is 1.00 bits per heavy atom. The highest BCUT2D eigenvalue weighted by Crippen LogP contribution is 2.49. The van der Waals surface area contributed by atoms with Crippen molar-refractivity contribution in [1.29, 1.82) is 0 Å². The van der Waals surface area contributed by atoms with E-state index in [4.69, 9.17) is 11.6 Å². The molecule has 1 saturated carbocycles. The Bertz CT molecular complexity index is 1630. The quantitative estimate of drug-likeness (QED) is 0.370. The van der Waals surface area contributed by atoms with Gasteiger partial charge in [0.25, 0.3) is 10.0 Å². The number of nitrogens with zero attached hydrogens (tertiary/aromatic N) is 8. The minimum atomic E-state index is -4.11. The number of hydrogen-bond acceptors (Lipinski definition) is 9. The molecular weight excluding hydrogens is 531 g/mol. The zero-order valence-electron chi connectivity index (χ0n) is 21.1. The van der Waals surface area contributed by atoms with Crippen molar-refractivity contribution in [3.05, 3.63) is 59.7 Å². The first-order valence-electron chi connectivity index (χ1n) is 12.3. The number of anilines is 2. The number of rotatable bonds is 4. The third-order valence-corrected chi connectivity index (χ3v) is 8.91. The smallest absolute Gasteiger partial charge is 0.286 e. The maximum Gasteiger partial charge on any atom is 0.286 e. The maximum absolute atomic E-state index is 13.8. The molecule has 4 aromatic rings. The van der Waals surface area contributed by atoms with Gasteiger partial charge in [-0.3, -0.25) is 0 Å². The molecule has 1 aromatic carbocycles. The van der Waals surface area contributed by atoms with Gasteiger partial charge in [-0.05, 0) is 25.0 Å². The van der Waals surface area contributed by atoms with Crippen molar-refractivity contribution < 1.29 is 12.8 Å². The lowest BCUT2D eigenvalue weighted by atomic mass is 9.96. The van der Waals surface area contributed by atoms with Crippen LogP contribution in [0.15, 0.2) is 47.9 Å². The molecule has 3 aromatic heterocycles. The van der Waals surface area contributed by atoms with Crippen LogP contribution in [-0.4, -0.2) is 62.7 Å². The van der Waals surface area contributed by atoms with Crippen molar-refractivity contribution in [1.82, 2.24) is 29.1 Å². The van der Waals surface area contributed by atoms with E-state index in [1.807, 2.05) is 25.7 Å². The second-order valence-corrected chi connectivity index (χ2v) is 13.0. The van der Waals surface area contributed by atoms with E-state index in [1.54, 1.807) is 18.2 Å². The summed E-state index contributed by atoms with van der Waals surface area (Å²) in [6, 6.07) is 5.13. The van der Waals surface area contributed by atoms with E-state index in [0.29, 0.717) is 53.2 Å². The SMILES string of the molecule is CC(C)(C)c1ncc(S(=O)(=O)n2nc(N3CCN(c4ncc(F)cn4)CC34CC4)c3c(Cl)cccc32)cn1. The average molecular weight is 557 g/mol. The third kappa shape index (κ3) is 4.06. The van der Waals surface area contributed by atoms with Crippen LogP contribution in [0.5, 0.6) is 0 Å². The van der Waals surface area contributed by atoms with Gasteiger partial charge in [-0.15, -0.1) is 5.10 Å². The fourth-order valence-electron chi connectivity index (χ4n) is 4.91. The Morgan fingerprint density at radius 2 is 1.68 bits per heavy atom. The van der Waals surface area contributed by atoms with Gasteiger partial charge >= 0.3 is 0 Å². The van der Waals surface area contributed by atoms with Crippen LogP contribution in [0.3, 0.4) is 0 Å². The fourth-order valence-corrected chi connectivity index (χ4v) is 6.33. The van der Waals surface area contributed by atoms with Gasteiger partial charge in [-0.2, -0.15) is 12.5 Å². The van der Waals surface area contributed by atoms with Gasteiger partial charge in [0.2, 0.25) is 5.95 Å². The zero-order valence-corrected chi connectivity index (χ0v) is 22.7. The molecule has 1 aliphatic carbocycles. The van der Waals surface area contributed by atoms with Gasteiger partial charge in [-0.25, -0.2) is 24.3 Å². The second-order valence-electron chi connectivity index (χ2n) is 10.8. The first-order valence-corrected chi connectivity index (χ1v) is 14.1. The number of halogens is 2. The van der Waals surface area contributed by atoms with Crippen LogP contribution in [0.2, 0.25) is 5.02 Å². The Labute approximate surface area is 224 Å². The molecule has 10 nitrogen and oxygen atoms in total. The highest BCUT2D eigenvalue weighted by molar-refractivity contribution is 7.90.